The van der Waals surface area contributed by atoms with Crippen LogP contribution in [0.5, 0.6) is 0 Å². The minimum absolute atomic E-state index is 0.0252. The number of thiazole rings is 1. The lowest BCUT2D eigenvalue weighted by Gasteiger charge is -2.22. The smallest absolute Gasteiger partial charge is 0.355 e. The molecule has 0 atom stereocenters. The van der Waals surface area contributed by atoms with Gasteiger partial charge in [0.25, 0.3) is 0 Å². The molecule has 1 aromatic heterocycles. The highest BCUT2D eigenvalue weighted by molar-refractivity contribution is 8.00. The van der Waals surface area contributed by atoms with Crippen molar-refractivity contribution in [3.63, 3.8) is 0 Å². The van der Waals surface area contributed by atoms with Gasteiger partial charge in [-0.15, -0.1) is 11.3 Å². The number of carboxylic acids is 1. The molecule has 0 radical (unpaired) electrons. The van der Waals surface area contributed by atoms with Gasteiger partial charge in [-0.2, -0.15) is 11.8 Å². The molecular formula is C13H19N3O3S2. The van der Waals surface area contributed by atoms with Crippen LogP contribution in [-0.2, 0) is 6.54 Å². The average molecular weight is 329 g/mol. The van der Waals surface area contributed by atoms with Crippen LogP contribution in [-0.4, -0.2) is 50.6 Å². The van der Waals surface area contributed by atoms with Crippen LogP contribution in [0.3, 0.4) is 0 Å². The third-order valence-corrected chi connectivity index (χ3v) is 5.51. The van der Waals surface area contributed by atoms with Crippen molar-refractivity contribution in [2.45, 2.75) is 31.6 Å². The van der Waals surface area contributed by atoms with Gasteiger partial charge in [0, 0.05) is 29.0 Å². The van der Waals surface area contributed by atoms with E-state index in [0.29, 0.717) is 5.01 Å². The van der Waals surface area contributed by atoms with Gasteiger partial charge >= 0.3 is 12.0 Å². The minimum atomic E-state index is -1.05. The number of thioether (sulfide) groups is 1. The fourth-order valence-electron chi connectivity index (χ4n) is 1.98. The van der Waals surface area contributed by atoms with Gasteiger partial charge in [-0.1, -0.05) is 13.8 Å². The van der Waals surface area contributed by atoms with E-state index in [1.165, 1.54) is 16.7 Å². The molecule has 0 spiro atoms. The van der Waals surface area contributed by atoms with Gasteiger partial charge in [0.1, 0.15) is 5.01 Å². The predicted molar refractivity (Wildman–Crippen MR) is 84.0 cm³/mol. The maximum Gasteiger partial charge on any atom is 0.355 e. The van der Waals surface area contributed by atoms with E-state index in [9.17, 15) is 9.59 Å². The number of carbonyl (C=O) groups is 2. The number of hydrogen-bond acceptors (Lipinski definition) is 5. The summed E-state index contributed by atoms with van der Waals surface area (Å²) in [5.74, 6) is -0.114. The number of urea groups is 1. The zero-order chi connectivity index (χ0) is 15.5. The lowest BCUT2D eigenvalue weighted by atomic mass is 10.1. The summed E-state index contributed by atoms with van der Waals surface area (Å²) >= 11 is 3.13. The third-order valence-electron chi connectivity index (χ3n) is 3.29. The Kier molecular flexibility index (Phi) is 5.10. The highest BCUT2D eigenvalue weighted by Gasteiger charge is 2.25. The number of nitrogens with one attached hydrogen (secondary N) is 1. The normalized spacial score (nSPS) is 18.1. The number of carbonyl (C=O) groups excluding carboxylic acids is 1. The molecule has 0 aliphatic carbocycles. The SMILES string of the molecule is CC1(C)CCN(C(=O)NCc2nc(C(=O)O)cs2)CCS1. The van der Waals surface area contributed by atoms with Crippen LogP contribution in [0.15, 0.2) is 5.38 Å². The van der Waals surface area contributed by atoms with Gasteiger partial charge < -0.3 is 15.3 Å². The summed E-state index contributed by atoms with van der Waals surface area (Å²) in [4.78, 5) is 28.7. The Morgan fingerprint density at radius 2 is 2.24 bits per heavy atom. The topological polar surface area (TPSA) is 82.5 Å². The fraction of sp³-hybridized carbons (Fsp3) is 0.615. The number of aromatic carboxylic acids is 1. The molecule has 0 bridgehead atoms. The number of amides is 2. The largest absolute Gasteiger partial charge is 0.476 e. The first kappa shape index (κ1) is 16.1. The molecular weight excluding hydrogens is 310 g/mol. The maximum atomic E-state index is 12.1. The quantitative estimate of drug-likeness (QED) is 0.889. The summed E-state index contributed by atoms with van der Waals surface area (Å²) in [5.41, 5.74) is 0.0252. The van der Waals surface area contributed by atoms with E-state index in [2.05, 4.69) is 24.1 Å². The summed E-state index contributed by atoms with van der Waals surface area (Å²) in [5, 5.41) is 13.7. The average Bonchev–Trinajstić information content (AvgIpc) is 2.81. The lowest BCUT2D eigenvalue weighted by Crippen LogP contribution is -2.41. The van der Waals surface area contributed by atoms with Crippen LogP contribution in [0.4, 0.5) is 4.79 Å². The van der Waals surface area contributed by atoms with Gasteiger partial charge in [0.15, 0.2) is 5.69 Å². The standard InChI is InChI=1S/C13H19N3O3S2/c1-13(2)3-4-16(5-6-21-13)12(19)14-7-10-15-9(8-20-10)11(17)18/h8H,3-7H2,1-2H3,(H,14,19)(H,17,18). The Morgan fingerprint density at radius 3 is 2.90 bits per heavy atom. The molecule has 8 heteroatoms. The van der Waals surface area contributed by atoms with Crippen LogP contribution in [0.2, 0.25) is 0 Å². The summed E-state index contributed by atoms with van der Waals surface area (Å²) < 4.78 is 0.209. The molecule has 1 aliphatic heterocycles. The van der Waals surface area contributed by atoms with E-state index in [4.69, 9.17) is 5.11 Å². The first-order chi connectivity index (χ1) is 9.87. The van der Waals surface area contributed by atoms with Crippen molar-refractivity contribution in [3.8, 4) is 0 Å². The van der Waals surface area contributed by atoms with E-state index in [1.54, 1.807) is 0 Å². The monoisotopic (exact) mass is 329 g/mol. The van der Waals surface area contributed by atoms with Gasteiger partial charge in [-0.05, 0) is 6.42 Å². The third kappa shape index (κ3) is 4.60. The molecule has 0 aromatic carbocycles. The van der Waals surface area contributed by atoms with E-state index in [1.807, 2.05) is 16.7 Å². The first-order valence-corrected chi connectivity index (χ1v) is 8.58. The van der Waals surface area contributed by atoms with Crippen molar-refractivity contribution in [1.29, 1.82) is 0 Å². The molecule has 1 aliphatic rings. The maximum absolute atomic E-state index is 12.1. The zero-order valence-corrected chi connectivity index (χ0v) is 13.7. The number of hydrogen-bond donors (Lipinski definition) is 2. The van der Waals surface area contributed by atoms with Crippen molar-refractivity contribution < 1.29 is 14.7 Å². The fourth-order valence-corrected chi connectivity index (χ4v) is 3.78. The predicted octanol–water partition coefficient (Wildman–Crippen LogP) is 2.27. The van der Waals surface area contributed by atoms with Gasteiger partial charge in [0.2, 0.25) is 0 Å². The van der Waals surface area contributed by atoms with Crippen molar-refractivity contribution in [2.24, 2.45) is 0 Å². The second-order valence-corrected chi connectivity index (χ2v) is 8.18. The van der Waals surface area contributed by atoms with Crippen molar-refractivity contribution >= 4 is 35.1 Å². The number of nitrogens with zero attached hydrogens (tertiary/aromatic N) is 2. The van der Waals surface area contributed by atoms with Crippen molar-refractivity contribution in [1.82, 2.24) is 15.2 Å². The van der Waals surface area contributed by atoms with E-state index in [-0.39, 0.29) is 23.0 Å². The Hall–Kier alpha value is -1.28. The molecule has 6 nitrogen and oxygen atoms in total. The van der Waals surface area contributed by atoms with Gasteiger partial charge in [-0.3, -0.25) is 0 Å². The van der Waals surface area contributed by atoms with Gasteiger partial charge in [0.05, 0.1) is 6.54 Å². The van der Waals surface area contributed by atoms with E-state index < -0.39 is 5.97 Å². The molecule has 1 fully saturated rings. The van der Waals surface area contributed by atoms with E-state index >= 15 is 0 Å². The highest BCUT2D eigenvalue weighted by Crippen LogP contribution is 2.30. The van der Waals surface area contributed by atoms with Crippen LogP contribution in [0.1, 0.15) is 35.8 Å². The summed E-state index contributed by atoms with van der Waals surface area (Å²) in [7, 11) is 0. The van der Waals surface area contributed by atoms with Crippen LogP contribution in [0.25, 0.3) is 0 Å². The van der Waals surface area contributed by atoms with Crippen LogP contribution >= 0.6 is 23.1 Å². The molecule has 1 saturated heterocycles. The Balaban J connectivity index is 1.85. The molecule has 21 heavy (non-hydrogen) atoms. The molecule has 2 heterocycles. The molecule has 0 saturated carbocycles. The number of rotatable bonds is 3. The van der Waals surface area contributed by atoms with Crippen LogP contribution < -0.4 is 5.32 Å². The van der Waals surface area contributed by atoms with Gasteiger partial charge in [-0.25, -0.2) is 14.6 Å². The second-order valence-electron chi connectivity index (χ2n) is 5.44. The summed E-state index contributed by atoms with van der Waals surface area (Å²) in [6.45, 7) is 6.14. The molecule has 2 rings (SSSR count). The van der Waals surface area contributed by atoms with Crippen molar-refractivity contribution in [2.75, 3.05) is 18.8 Å². The Bertz CT molecular complexity index is 530. The minimum Gasteiger partial charge on any atom is -0.476 e. The first-order valence-electron chi connectivity index (χ1n) is 6.72. The molecule has 2 amide bonds. The number of carboxylic acid groups (broad SMARTS) is 1. The van der Waals surface area contributed by atoms with Crippen molar-refractivity contribution in [3.05, 3.63) is 16.1 Å². The Labute approximate surface area is 131 Å². The molecule has 0 unspecified atom stereocenters. The highest BCUT2D eigenvalue weighted by atomic mass is 32.2. The van der Waals surface area contributed by atoms with E-state index in [0.717, 1.165) is 25.3 Å². The zero-order valence-electron chi connectivity index (χ0n) is 12.1. The van der Waals surface area contributed by atoms with Crippen LogP contribution in [0, 0.1) is 0 Å². The second kappa shape index (κ2) is 6.65. The molecule has 2 N–H and O–H groups in total. The summed E-state index contributed by atoms with van der Waals surface area (Å²) in [6, 6.07) is -0.111. The molecule has 1 aromatic rings. The summed E-state index contributed by atoms with van der Waals surface area (Å²) in [6.07, 6.45) is 0.964. The molecule has 116 valence electrons. The Morgan fingerprint density at radius 1 is 1.48 bits per heavy atom. The number of aromatic nitrogens is 1. The lowest BCUT2D eigenvalue weighted by molar-refractivity contribution is 0.0691.